The number of rotatable bonds is 6. The van der Waals surface area contributed by atoms with E-state index in [9.17, 15) is 8.42 Å². The molecule has 0 aliphatic heterocycles. The second kappa shape index (κ2) is 4.63. The van der Waals surface area contributed by atoms with Gasteiger partial charge >= 0.3 is 0 Å². The molecule has 6 heteroatoms. The molecule has 0 unspecified atom stereocenters. The van der Waals surface area contributed by atoms with Crippen molar-refractivity contribution in [3.05, 3.63) is 18.2 Å². The maximum atomic E-state index is 12.1. The molecule has 2 aliphatic rings. The Labute approximate surface area is 120 Å². The highest BCUT2D eigenvalue weighted by molar-refractivity contribution is 7.89. The summed E-state index contributed by atoms with van der Waals surface area (Å²) in [5.74, 6) is 0.841. The van der Waals surface area contributed by atoms with E-state index >= 15 is 0 Å². The van der Waals surface area contributed by atoms with Gasteiger partial charge < -0.3 is 11.1 Å². The van der Waals surface area contributed by atoms with Crippen LogP contribution in [0.25, 0.3) is 0 Å². The van der Waals surface area contributed by atoms with Gasteiger partial charge in [-0.3, -0.25) is 0 Å². The van der Waals surface area contributed by atoms with Crippen LogP contribution in [0.15, 0.2) is 23.1 Å². The summed E-state index contributed by atoms with van der Waals surface area (Å²) >= 11 is 0. The van der Waals surface area contributed by atoms with Crippen molar-refractivity contribution in [3.8, 4) is 0 Å². The largest absolute Gasteiger partial charge is 0.399 e. The van der Waals surface area contributed by atoms with Crippen molar-refractivity contribution in [1.29, 1.82) is 0 Å². The van der Waals surface area contributed by atoms with Crippen molar-refractivity contribution >= 4 is 21.4 Å². The molecule has 2 fully saturated rings. The van der Waals surface area contributed by atoms with Crippen LogP contribution in [0.3, 0.4) is 0 Å². The van der Waals surface area contributed by atoms with Gasteiger partial charge in [-0.15, -0.1) is 0 Å². The molecule has 0 atom stereocenters. The fraction of sp³-hybridized carbons (Fsp3) is 0.571. The maximum Gasteiger partial charge on any atom is 0.242 e. The molecule has 0 saturated heterocycles. The van der Waals surface area contributed by atoms with Gasteiger partial charge in [-0.25, -0.2) is 13.1 Å². The van der Waals surface area contributed by atoms with Gasteiger partial charge in [0, 0.05) is 12.2 Å². The first-order valence-electron chi connectivity index (χ1n) is 7.04. The highest BCUT2D eigenvalue weighted by Gasteiger charge is 2.53. The number of nitrogens with two attached hydrogens (primary N) is 1. The normalized spacial score (nSPS) is 20.6. The third kappa shape index (κ3) is 2.50. The molecule has 2 saturated carbocycles. The second-order valence-electron chi connectivity index (χ2n) is 5.95. The molecule has 20 heavy (non-hydrogen) atoms. The van der Waals surface area contributed by atoms with E-state index < -0.39 is 10.0 Å². The van der Waals surface area contributed by atoms with Crippen molar-refractivity contribution in [3.63, 3.8) is 0 Å². The van der Waals surface area contributed by atoms with E-state index in [1.54, 1.807) is 12.1 Å². The van der Waals surface area contributed by atoms with Crippen LogP contribution in [0.4, 0.5) is 11.4 Å². The van der Waals surface area contributed by atoms with Crippen molar-refractivity contribution in [2.45, 2.75) is 30.6 Å². The smallest absolute Gasteiger partial charge is 0.242 e. The third-order valence-corrected chi connectivity index (χ3v) is 5.98. The summed E-state index contributed by atoms with van der Waals surface area (Å²) in [4.78, 5) is 0.228. The summed E-state index contributed by atoms with van der Waals surface area (Å²) in [7, 11) is -2.08. The number of nitrogens with one attached hydrogen (secondary N) is 2. The first-order valence-corrected chi connectivity index (χ1v) is 8.52. The summed E-state index contributed by atoms with van der Waals surface area (Å²) in [6, 6.07) is 4.99. The second-order valence-corrected chi connectivity index (χ2v) is 7.81. The number of sulfonamides is 1. The lowest BCUT2D eigenvalue weighted by Gasteiger charge is -2.18. The predicted molar refractivity (Wildman–Crippen MR) is 80.0 cm³/mol. The zero-order chi connectivity index (χ0) is 14.4. The van der Waals surface area contributed by atoms with Gasteiger partial charge in [-0.05, 0) is 62.3 Å². The van der Waals surface area contributed by atoms with Crippen LogP contribution in [-0.2, 0) is 10.0 Å². The Morgan fingerprint density at radius 1 is 1.35 bits per heavy atom. The number of benzene rings is 1. The summed E-state index contributed by atoms with van der Waals surface area (Å²) in [6.45, 7) is 0.855. The van der Waals surface area contributed by atoms with Crippen LogP contribution in [0, 0.1) is 11.3 Å². The van der Waals surface area contributed by atoms with Crippen LogP contribution < -0.4 is 15.8 Å². The Hall–Kier alpha value is -1.27. The standard InChI is InChI=1S/C14H21N3O2S/c1-16-20(18,19)13-8-11(15)4-5-12(13)17-9-14(6-7-14)10-2-3-10/h4-5,8,10,16-17H,2-3,6-7,9,15H2,1H3. The minimum absolute atomic E-state index is 0.228. The number of hydrogen-bond acceptors (Lipinski definition) is 4. The molecule has 0 heterocycles. The fourth-order valence-corrected chi connectivity index (χ4v) is 3.82. The number of nitrogen functional groups attached to an aromatic ring is 1. The summed E-state index contributed by atoms with van der Waals surface area (Å²) < 4.78 is 26.5. The average molecular weight is 295 g/mol. The van der Waals surface area contributed by atoms with Crippen molar-refractivity contribution in [1.82, 2.24) is 4.72 Å². The van der Waals surface area contributed by atoms with Crippen LogP contribution in [0.2, 0.25) is 0 Å². The molecule has 0 radical (unpaired) electrons. The minimum Gasteiger partial charge on any atom is -0.399 e. The van der Waals surface area contributed by atoms with Gasteiger partial charge in [0.05, 0.1) is 5.69 Å². The molecule has 3 rings (SSSR count). The van der Waals surface area contributed by atoms with Crippen molar-refractivity contribution in [2.75, 3.05) is 24.6 Å². The van der Waals surface area contributed by atoms with Gasteiger partial charge in [0.1, 0.15) is 4.90 Å². The molecule has 0 bridgehead atoms. The molecule has 2 aliphatic carbocycles. The summed E-state index contributed by atoms with van der Waals surface area (Å²) in [5.41, 5.74) is 7.22. The maximum absolute atomic E-state index is 12.1. The molecule has 1 aromatic rings. The van der Waals surface area contributed by atoms with Gasteiger partial charge in [0.25, 0.3) is 0 Å². The van der Waals surface area contributed by atoms with Gasteiger partial charge in [-0.1, -0.05) is 0 Å². The van der Waals surface area contributed by atoms with Crippen molar-refractivity contribution < 1.29 is 8.42 Å². The van der Waals surface area contributed by atoms with Crippen molar-refractivity contribution in [2.24, 2.45) is 11.3 Å². The van der Waals surface area contributed by atoms with E-state index in [1.807, 2.05) is 0 Å². The van der Waals surface area contributed by atoms with Crippen LogP contribution >= 0.6 is 0 Å². The van der Waals surface area contributed by atoms with Crippen LogP contribution in [0.5, 0.6) is 0 Å². The molecule has 1 aromatic carbocycles. The molecule has 4 N–H and O–H groups in total. The van der Waals surface area contributed by atoms with E-state index in [0.717, 1.165) is 12.5 Å². The van der Waals surface area contributed by atoms with E-state index in [2.05, 4.69) is 10.0 Å². The van der Waals surface area contributed by atoms with E-state index in [-0.39, 0.29) is 4.90 Å². The Morgan fingerprint density at radius 2 is 2.05 bits per heavy atom. The van der Waals surface area contributed by atoms with Gasteiger partial charge in [0.2, 0.25) is 10.0 Å². The first-order chi connectivity index (χ1) is 9.47. The summed E-state index contributed by atoms with van der Waals surface area (Å²) in [5, 5.41) is 3.33. The quantitative estimate of drug-likeness (QED) is 0.698. The van der Waals surface area contributed by atoms with Crippen LogP contribution in [-0.4, -0.2) is 22.0 Å². The van der Waals surface area contributed by atoms with E-state index in [4.69, 9.17) is 5.73 Å². The molecule has 0 aromatic heterocycles. The molecule has 5 nitrogen and oxygen atoms in total. The molecular weight excluding hydrogens is 274 g/mol. The Morgan fingerprint density at radius 3 is 2.60 bits per heavy atom. The lowest BCUT2D eigenvalue weighted by Crippen LogP contribution is -2.23. The van der Waals surface area contributed by atoms with Crippen LogP contribution in [0.1, 0.15) is 25.7 Å². The molecule has 0 spiro atoms. The number of hydrogen-bond donors (Lipinski definition) is 3. The van der Waals surface area contributed by atoms with Gasteiger partial charge in [-0.2, -0.15) is 0 Å². The zero-order valence-electron chi connectivity index (χ0n) is 11.6. The number of anilines is 2. The Balaban J connectivity index is 1.82. The minimum atomic E-state index is -3.50. The highest BCUT2D eigenvalue weighted by atomic mass is 32.2. The van der Waals surface area contributed by atoms with Gasteiger partial charge in [0.15, 0.2) is 0 Å². The summed E-state index contributed by atoms with van der Waals surface area (Å²) in [6.07, 6.45) is 5.16. The topological polar surface area (TPSA) is 84.2 Å². The molecular formula is C14H21N3O2S. The Bertz CT molecular complexity index is 619. The SMILES string of the molecule is CNS(=O)(=O)c1cc(N)ccc1NCC1(C2CC2)CC1. The first kappa shape index (κ1) is 13.7. The molecule has 110 valence electrons. The van der Waals surface area contributed by atoms with E-state index in [0.29, 0.717) is 16.8 Å². The molecule has 0 amide bonds. The Kier molecular flexibility index (Phi) is 3.17. The average Bonchev–Trinajstić information content (AvgIpc) is 3.28. The predicted octanol–water partition coefficient (Wildman–Crippen LogP) is 1.78. The lowest BCUT2D eigenvalue weighted by molar-refractivity contribution is 0.466. The highest BCUT2D eigenvalue weighted by Crippen LogP contribution is 2.61. The monoisotopic (exact) mass is 295 g/mol. The third-order valence-electron chi connectivity index (χ3n) is 4.53. The van der Waals surface area contributed by atoms with E-state index in [1.165, 1.54) is 38.8 Å². The fourth-order valence-electron chi connectivity index (χ4n) is 2.87. The lowest BCUT2D eigenvalue weighted by atomic mass is 10.0. The zero-order valence-corrected chi connectivity index (χ0v) is 12.5.